The first kappa shape index (κ1) is 13.0. The van der Waals surface area contributed by atoms with E-state index in [0.29, 0.717) is 5.56 Å². The fraction of sp³-hybridized carbons (Fsp3) is 0.167. The molecule has 2 aromatic rings. The van der Waals surface area contributed by atoms with Gasteiger partial charge >= 0.3 is 6.18 Å². The molecule has 0 radical (unpaired) electrons. The number of hydrogen-bond donors (Lipinski definition) is 1. The van der Waals surface area contributed by atoms with Crippen molar-refractivity contribution in [3.05, 3.63) is 41.6 Å². The van der Waals surface area contributed by atoms with Gasteiger partial charge in [0.05, 0.1) is 29.9 Å². The Hall–Kier alpha value is -2.49. The highest BCUT2D eigenvalue weighted by Gasteiger charge is 2.30. The van der Waals surface area contributed by atoms with E-state index < -0.39 is 11.7 Å². The summed E-state index contributed by atoms with van der Waals surface area (Å²) in [5.41, 5.74) is 5.66. The number of alkyl halides is 3. The number of rotatable bonds is 2. The number of nitrogen functional groups attached to an aromatic ring is 1. The van der Waals surface area contributed by atoms with Crippen molar-refractivity contribution < 1.29 is 13.2 Å². The molecule has 0 atom stereocenters. The molecule has 0 saturated heterocycles. The molecule has 1 heterocycles. The van der Waals surface area contributed by atoms with Crippen molar-refractivity contribution in [1.29, 1.82) is 5.26 Å². The first-order valence-electron chi connectivity index (χ1n) is 5.30. The summed E-state index contributed by atoms with van der Waals surface area (Å²) < 4.78 is 39.0. The number of anilines is 1. The Morgan fingerprint density at radius 3 is 2.74 bits per heavy atom. The zero-order valence-electron chi connectivity index (χ0n) is 9.65. The number of benzene rings is 1. The molecule has 1 aromatic heterocycles. The molecule has 0 aliphatic heterocycles. The van der Waals surface area contributed by atoms with E-state index in [4.69, 9.17) is 11.0 Å². The van der Waals surface area contributed by atoms with Crippen LogP contribution in [0.15, 0.2) is 30.5 Å². The largest absolute Gasteiger partial charge is 0.416 e. The maximum atomic E-state index is 12.6. The molecule has 7 heteroatoms. The van der Waals surface area contributed by atoms with Gasteiger partial charge in [-0.25, -0.2) is 4.68 Å². The first-order valence-corrected chi connectivity index (χ1v) is 5.30. The molecule has 0 aliphatic carbocycles. The van der Waals surface area contributed by atoms with E-state index in [9.17, 15) is 13.2 Å². The number of nitriles is 1. The highest BCUT2D eigenvalue weighted by Crippen LogP contribution is 2.30. The zero-order valence-corrected chi connectivity index (χ0v) is 9.65. The molecule has 0 spiro atoms. The second-order valence-corrected chi connectivity index (χ2v) is 3.85. The van der Waals surface area contributed by atoms with Crippen LogP contribution in [0.3, 0.4) is 0 Å². The molecule has 98 valence electrons. The van der Waals surface area contributed by atoms with Gasteiger partial charge in [-0.15, -0.1) is 0 Å². The van der Waals surface area contributed by atoms with Gasteiger partial charge in [0.1, 0.15) is 5.82 Å². The predicted octanol–water partition coefficient (Wildman–Crippen LogP) is 2.54. The Morgan fingerprint density at radius 1 is 1.37 bits per heavy atom. The Bertz CT molecular complexity index is 637. The van der Waals surface area contributed by atoms with E-state index in [1.165, 1.54) is 23.0 Å². The molecule has 0 bridgehead atoms. The van der Waals surface area contributed by atoms with Crippen molar-refractivity contribution >= 4 is 5.82 Å². The second-order valence-electron chi connectivity index (χ2n) is 3.85. The molecule has 4 nitrogen and oxygen atoms in total. The van der Waals surface area contributed by atoms with Crippen molar-refractivity contribution in [3.63, 3.8) is 0 Å². The van der Waals surface area contributed by atoms with Gasteiger partial charge in [0.2, 0.25) is 0 Å². The molecule has 0 aliphatic rings. The van der Waals surface area contributed by atoms with Crippen molar-refractivity contribution in [2.45, 2.75) is 12.6 Å². The van der Waals surface area contributed by atoms with E-state index in [2.05, 4.69) is 5.10 Å². The lowest BCUT2D eigenvalue weighted by atomic mass is 10.2. The highest BCUT2D eigenvalue weighted by molar-refractivity contribution is 5.49. The maximum absolute atomic E-state index is 12.6. The third kappa shape index (κ3) is 2.52. The Labute approximate surface area is 106 Å². The molecule has 2 rings (SSSR count). The summed E-state index contributed by atoms with van der Waals surface area (Å²) in [4.78, 5) is 0. The SMILES string of the molecule is N#CCc1cnn(-c2cccc(C(F)(F)F)c2)c1N. The van der Waals surface area contributed by atoms with Crippen molar-refractivity contribution in [2.75, 3.05) is 5.73 Å². The van der Waals surface area contributed by atoms with E-state index >= 15 is 0 Å². The third-order valence-electron chi connectivity index (χ3n) is 2.57. The average molecular weight is 266 g/mol. The van der Waals surface area contributed by atoms with Crippen LogP contribution in [0, 0.1) is 11.3 Å². The molecule has 1 aromatic carbocycles. The van der Waals surface area contributed by atoms with Gasteiger partial charge < -0.3 is 5.73 Å². The van der Waals surface area contributed by atoms with Gasteiger partial charge in [-0.3, -0.25) is 0 Å². The molecule has 0 fully saturated rings. The lowest BCUT2D eigenvalue weighted by molar-refractivity contribution is -0.137. The monoisotopic (exact) mass is 266 g/mol. The van der Waals surface area contributed by atoms with Crippen LogP contribution < -0.4 is 5.73 Å². The van der Waals surface area contributed by atoms with E-state index in [1.54, 1.807) is 0 Å². The lowest BCUT2D eigenvalue weighted by Gasteiger charge is -2.09. The van der Waals surface area contributed by atoms with Crippen molar-refractivity contribution in [2.24, 2.45) is 0 Å². The number of aromatic nitrogens is 2. The fourth-order valence-electron chi connectivity index (χ4n) is 1.63. The van der Waals surface area contributed by atoms with Gasteiger partial charge in [-0.05, 0) is 18.2 Å². The van der Waals surface area contributed by atoms with E-state index in [1.807, 2.05) is 6.07 Å². The number of nitrogens with two attached hydrogens (primary N) is 1. The van der Waals surface area contributed by atoms with Gasteiger partial charge in [0.15, 0.2) is 0 Å². The highest BCUT2D eigenvalue weighted by atomic mass is 19.4. The summed E-state index contributed by atoms with van der Waals surface area (Å²) in [7, 11) is 0. The number of halogens is 3. The van der Waals surface area contributed by atoms with Crippen LogP contribution in [0.2, 0.25) is 0 Å². The summed E-state index contributed by atoms with van der Waals surface area (Å²) in [6, 6.07) is 6.59. The molecule has 0 saturated carbocycles. The molecule has 19 heavy (non-hydrogen) atoms. The molecule has 0 unspecified atom stereocenters. The molecule has 2 N–H and O–H groups in total. The van der Waals surface area contributed by atoms with Crippen LogP contribution in [0.25, 0.3) is 5.69 Å². The second kappa shape index (κ2) is 4.65. The smallest absolute Gasteiger partial charge is 0.383 e. The van der Waals surface area contributed by atoms with Gasteiger partial charge in [0, 0.05) is 5.56 Å². The average Bonchev–Trinajstić information content (AvgIpc) is 2.71. The summed E-state index contributed by atoms with van der Waals surface area (Å²) in [6.45, 7) is 0. The summed E-state index contributed by atoms with van der Waals surface area (Å²) in [5, 5.41) is 12.5. The minimum atomic E-state index is -4.42. The lowest BCUT2D eigenvalue weighted by Crippen LogP contribution is -2.08. The fourth-order valence-corrected chi connectivity index (χ4v) is 1.63. The van der Waals surface area contributed by atoms with Crippen LogP contribution in [0.5, 0.6) is 0 Å². The topological polar surface area (TPSA) is 67.6 Å². The predicted molar refractivity (Wildman–Crippen MR) is 62.3 cm³/mol. The maximum Gasteiger partial charge on any atom is 0.416 e. The van der Waals surface area contributed by atoms with Crippen LogP contribution in [-0.4, -0.2) is 9.78 Å². The Morgan fingerprint density at radius 2 is 2.11 bits per heavy atom. The summed E-state index contributed by atoms with van der Waals surface area (Å²) in [6.07, 6.45) is -2.99. The zero-order chi connectivity index (χ0) is 14.0. The minimum Gasteiger partial charge on any atom is -0.383 e. The Balaban J connectivity index is 2.46. The molecular formula is C12H9F3N4. The normalized spacial score (nSPS) is 11.3. The van der Waals surface area contributed by atoms with Crippen molar-refractivity contribution in [3.8, 4) is 11.8 Å². The quantitative estimate of drug-likeness (QED) is 0.908. The number of nitrogens with zero attached hydrogens (tertiary/aromatic N) is 3. The van der Waals surface area contributed by atoms with Crippen LogP contribution >= 0.6 is 0 Å². The van der Waals surface area contributed by atoms with Crippen LogP contribution in [-0.2, 0) is 12.6 Å². The number of hydrogen-bond acceptors (Lipinski definition) is 3. The molecule has 0 amide bonds. The molecular weight excluding hydrogens is 257 g/mol. The van der Waals surface area contributed by atoms with Crippen LogP contribution in [0.4, 0.5) is 19.0 Å². The standard InChI is InChI=1S/C12H9F3N4/c13-12(14,15)9-2-1-3-10(6-9)19-11(17)8(4-5-16)7-18-19/h1-3,6-7H,4,17H2. The van der Waals surface area contributed by atoms with Gasteiger partial charge in [-0.2, -0.15) is 23.5 Å². The van der Waals surface area contributed by atoms with Gasteiger partial charge in [0.25, 0.3) is 0 Å². The van der Waals surface area contributed by atoms with Crippen molar-refractivity contribution in [1.82, 2.24) is 9.78 Å². The minimum absolute atomic E-state index is 0.0603. The third-order valence-corrected chi connectivity index (χ3v) is 2.57. The van der Waals surface area contributed by atoms with E-state index in [0.717, 1.165) is 12.1 Å². The first-order chi connectivity index (χ1) is 8.93. The van der Waals surface area contributed by atoms with Gasteiger partial charge in [-0.1, -0.05) is 6.07 Å². The summed E-state index contributed by atoms with van der Waals surface area (Å²) in [5.74, 6) is 0.167. The van der Waals surface area contributed by atoms with E-state index in [-0.39, 0.29) is 17.9 Å². The Kier molecular flexibility index (Phi) is 3.17. The van der Waals surface area contributed by atoms with Crippen LogP contribution in [0.1, 0.15) is 11.1 Å². The summed E-state index contributed by atoms with van der Waals surface area (Å²) >= 11 is 0.